The van der Waals surface area contributed by atoms with Gasteiger partial charge in [-0.15, -0.1) is 12.4 Å². The molecule has 146 valence electrons. The zero-order valence-electron chi connectivity index (χ0n) is 14.9. The summed E-state index contributed by atoms with van der Waals surface area (Å²) in [5.41, 5.74) is 0.0789. The number of aromatic nitrogens is 1. The largest absolute Gasteiger partial charge is 0.458 e. The first-order valence-corrected chi connectivity index (χ1v) is 9.02. The molecule has 7 nitrogen and oxygen atoms in total. The minimum Gasteiger partial charge on any atom is -0.458 e. The number of ether oxygens (including phenoxy) is 2. The van der Waals surface area contributed by atoms with Crippen molar-refractivity contribution in [1.29, 1.82) is 0 Å². The van der Waals surface area contributed by atoms with E-state index in [9.17, 15) is 9.59 Å². The lowest BCUT2D eigenvalue weighted by Crippen LogP contribution is -2.40. The summed E-state index contributed by atoms with van der Waals surface area (Å²) < 4.78 is 17.1. The van der Waals surface area contributed by atoms with Crippen LogP contribution in [-0.4, -0.2) is 35.4 Å². The van der Waals surface area contributed by atoms with Crippen LogP contribution in [0.15, 0.2) is 50.8 Å². The minimum absolute atomic E-state index is 0. The molecule has 0 radical (unpaired) electrons. The predicted molar refractivity (Wildman–Crippen MR) is 103 cm³/mol. The number of hydrogen-bond donors (Lipinski definition) is 0. The third-order valence-corrected chi connectivity index (χ3v) is 5.17. The lowest BCUT2D eigenvalue weighted by atomic mass is 9.93. The van der Waals surface area contributed by atoms with Crippen molar-refractivity contribution in [1.82, 2.24) is 9.47 Å². The van der Waals surface area contributed by atoms with Crippen LogP contribution in [-0.2, 0) is 16.0 Å². The highest BCUT2D eigenvalue weighted by Gasteiger charge is 2.24. The molecule has 0 bridgehead atoms. The van der Waals surface area contributed by atoms with E-state index in [1.54, 1.807) is 36.8 Å². The van der Waals surface area contributed by atoms with E-state index < -0.39 is 5.76 Å². The number of hydrogen-bond acceptors (Lipinski definition) is 6. The zero-order valence-corrected chi connectivity index (χ0v) is 15.7. The SMILES string of the molecule is Cl.O=c1oc2ccccc2c(=O)n1CCC1CCN(CC2OC=CO2)CC1. The Hall–Kier alpha value is -2.25. The average molecular weight is 395 g/mol. The number of para-hydroxylation sites is 1. The highest BCUT2D eigenvalue weighted by atomic mass is 35.5. The Morgan fingerprint density at radius 1 is 1.04 bits per heavy atom. The summed E-state index contributed by atoms with van der Waals surface area (Å²) in [5, 5.41) is 0.451. The van der Waals surface area contributed by atoms with Crippen LogP contribution in [0.5, 0.6) is 0 Å². The highest BCUT2D eigenvalue weighted by molar-refractivity contribution is 5.85. The quantitative estimate of drug-likeness (QED) is 0.774. The van der Waals surface area contributed by atoms with Crippen LogP contribution in [0.25, 0.3) is 11.0 Å². The monoisotopic (exact) mass is 394 g/mol. The first-order chi connectivity index (χ1) is 12.7. The van der Waals surface area contributed by atoms with Gasteiger partial charge in [0, 0.05) is 6.54 Å². The summed E-state index contributed by atoms with van der Waals surface area (Å²) in [6.45, 7) is 3.09. The fourth-order valence-corrected chi connectivity index (χ4v) is 3.64. The number of piperidine rings is 1. The fourth-order valence-electron chi connectivity index (χ4n) is 3.64. The normalized spacial score (nSPS) is 18.2. The highest BCUT2D eigenvalue weighted by Crippen LogP contribution is 2.22. The van der Waals surface area contributed by atoms with E-state index >= 15 is 0 Å². The molecule has 1 aromatic carbocycles. The summed E-state index contributed by atoms with van der Waals surface area (Å²) in [7, 11) is 0. The molecule has 1 aromatic heterocycles. The molecule has 1 saturated heterocycles. The molecule has 2 aromatic rings. The third kappa shape index (κ3) is 4.36. The Bertz CT molecular complexity index is 906. The van der Waals surface area contributed by atoms with E-state index in [4.69, 9.17) is 13.9 Å². The molecule has 27 heavy (non-hydrogen) atoms. The molecule has 2 aliphatic heterocycles. The van der Waals surface area contributed by atoms with Crippen LogP contribution >= 0.6 is 12.4 Å². The lowest BCUT2D eigenvalue weighted by molar-refractivity contribution is -0.0503. The molecule has 0 amide bonds. The van der Waals surface area contributed by atoms with Gasteiger partial charge in [-0.1, -0.05) is 12.1 Å². The standard InChI is InChI=1S/C19H22N2O5.ClH/c22-18-15-3-1-2-4-16(15)26-19(23)21(18)10-7-14-5-8-20(9-6-14)13-17-24-11-12-25-17;/h1-4,11-12,14,17H,5-10,13H2;1H. The Labute approximate surface area is 162 Å². The van der Waals surface area contributed by atoms with E-state index in [1.807, 2.05) is 0 Å². The van der Waals surface area contributed by atoms with Crippen molar-refractivity contribution in [2.45, 2.75) is 32.1 Å². The van der Waals surface area contributed by atoms with Crippen LogP contribution in [0.3, 0.4) is 0 Å². The van der Waals surface area contributed by atoms with E-state index in [-0.39, 0.29) is 24.3 Å². The van der Waals surface area contributed by atoms with Crippen LogP contribution in [0, 0.1) is 5.92 Å². The maximum Gasteiger partial charge on any atom is 0.422 e. The first kappa shape index (κ1) is 19.5. The molecule has 0 atom stereocenters. The molecule has 3 heterocycles. The van der Waals surface area contributed by atoms with Crippen molar-refractivity contribution in [3.05, 3.63) is 57.7 Å². The van der Waals surface area contributed by atoms with E-state index in [2.05, 4.69) is 4.90 Å². The van der Waals surface area contributed by atoms with Crippen molar-refractivity contribution in [3.63, 3.8) is 0 Å². The predicted octanol–water partition coefficient (Wildman–Crippen LogP) is 2.32. The van der Waals surface area contributed by atoms with Crippen LogP contribution in [0.2, 0.25) is 0 Å². The van der Waals surface area contributed by atoms with Gasteiger partial charge in [-0.2, -0.15) is 0 Å². The first-order valence-electron chi connectivity index (χ1n) is 9.02. The van der Waals surface area contributed by atoms with Crippen LogP contribution in [0.1, 0.15) is 19.3 Å². The van der Waals surface area contributed by atoms with Crippen LogP contribution < -0.4 is 11.3 Å². The van der Waals surface area contributed by atoms with Gasteiger partial charge in [0.15, 0.2) is 0 Å². The van der Waals surface area contributed by atoms with Gasteiger partial charge in [0.05, 0.1) is 11.9 Å². The maximum absolute atomic E-state index is 12.5. The summed E-state index contributed by atoms with van der Waals surface area (Å²) >= 11 is 0. The van der Waals surface area contributed by atoms with E-state index in [1.165, 1.54) is 4.57 Å². The molecule has 4 rings (SSSR count). The van der Waals surface area contributed by atoms with Crippen LogP contribution in [0.4, 0.5) is 0 Å². The second-order valence-corrected chi connectivity index (χ2v) is 6.83. The Balaban J connectivity index is 0.00000210. The molecule has 8 heteroatoms. The number of rotatable bonds is 5. The molecular formula is C19H23ClN2O5. The number of benzene rings is 1. The molecule has 0 saturated carbocycles. The second kappa shape index (κ2) is 8.63. The number of nitrogens with zero attached hydrogens (tertiary/aromatic N) is 2. The van der Waals surface area contributed by atoms with Gasteiger partial charge in [-0.3, -0.25) is 9.69 Å². The van der Waals surface area contributed by atoms with Crippen molar-refractivity contribution in [2.75, 3.05) is 19.6 Å². The van der Waals surface area contributed by atoms with Gasteiger partial charge < -0.3 is 13.9 Å². The second-order valence-electron chi connectivity index (χ2n) is 6.83. The van der Waals surface area contributed by atoms with E-state index in [0.717, 1.165) is 38.9 Å². The minimum atomic E-state index is -0.575. The Kier molecular flexibility index (Phi) is 6.23. The summed E-state index contributed by atoms with van der Waals surface area (Å²) in [5.74, 6) is -0.0817. The third-order valence-electron chi connectivity index (χ3n) is 5.17. The van der Waals surface area contributed by atoms with Gasteiger partial charge >= 0.3 is 5.76 Å². The van der Waals surface area contributed by atoms with Gasteiger partial charge in [0.25, 0.3) is 11.8 Å². The van der Waals surface area contributed by atoms with Gasteiger partial charge in [0.2, 0.25) is 0 Å². The molecule has 0 aliphatic carbocycles. The number of halogens is 1. The van der Waals surface area contributed by atoms with Gasteiger partial charge in [-0.25, -0.2) is 9.36 Å². The topological polar surface area (TPSA) is 73.9 Å². The van der Waals surface area contributed by atoms with Gasteiger partial charge in [0.1, 0.15) is 18.1 Å². The molecule has 0 unspecified atom stereocenters. The lowest BCUT2D eigenvalue weighted by Gasteiger charge is -2.32. The maximum atomic E-state index is 12.5. The van der Waals surface area contributed by atoms with Gasteiger partial charge in [-0.05, 0) is 50.4 Å². The fraction of sp³-hybridized carbons (Fsp3) is 0.474. The summed E-state index contributed by atoms with van der Waals surface area (Å²) in [4.78, 5) is 27.0. The Morgan fingerprint density at radius 3 is 2.48 bits per heavy atom. The molecule has 2 aliphatic rings. The van der Waals surface area contributed by atoms with E-state index in [0.29, 0.717) is 23.4 Å². The molecule has 1 fully saturated rings. The number of fused-ring (bicyclic) bond motifs is 1. The van der Waals surface area contributed by atoms with Crippen molar-refractivity contribution in [2.24, 2.45) is 5.92 Å². The summed E-state index contributed by atoms with van der Waals surface area (Å²) in [6.07, 6.45) is 5.82. The Morgan fingerprint density at radius 2 is 1.74 bits per heavy atom. The number of likely N-dealkylation sites (tertiary alicyclic amines) is 1. The molecule has 0 N–H and O–H groups in total. The molecule has 0 spiro atoms. The van der Waals surface area contributed by atoms with Crippen molar-refractivity contribution in [3.8, 4) is 0 Å². The van der Waals surface area contributed by atoms with Crippen molar-refractivity contribution < 1.29 is 13.9 Å². The summed E-state index contributed by atoms with van der Waals surface area (Å²) in [6, 6.07) is 6.86. The smallest absolute Gasteiger partial charge is 0.422 e. The van der Waals surface area contributed by atoms with Crippen molar-refractivity contribution >= 4 is 23.4 Å². The average Bonchev–Trinajstić information content (AvgIpc) is 3.16. The zero-order chi connectivity index (χ0) is 17.9. The molecular weight excluding hydrogens is 372 g/mol.